The maximum atomic E-state index is 6.08. The van der Waals surface area contributed by atoms with Gasteiger partial charge in [-0.2, -0.15) is 0 Å². The standard InChI is InChI=1S/C12H17N3S/c13-12(5-6-12)11-4-1-9(7-14-11)8-15-16-10-2-3-10/h1,4,7,10,15H,2-3,5-6,8,13H2. The van der Waals surface area contributed by atoms with Crippen molar-refractivity contribution in [2.24, 2.45) is 5.73 Å². The predicted molar refractivity (Wildman–Crippen MR) is 66.8 cm³/mol. The molecule has 3 nitrogen and oxygen atoms in total. The number of nitrogens with zero attached hydrogens (tertiary/aromatic N) is 1. The summed E-state index contributed by atoms with van der Waals surface area (Å²) in [5.41, 5.74) is 8.27. The molecule has 1 heterocycles. The number of nitrogens with one attached hydrogen (secondary N) is 1. The van der Waals surface area contributed by atoms with Crippen molar-refractivity contribution >= 4 is 11.9 Å². The maximum absolute atomic E-state index is 6.08. The molecule has 0 atom stereocenters. The van der Waals surface area contributed by atoms with Crippen molar-refractivity contribution in [3.05, 3.63) is 29.6 Å². The summed E-state index contributed by atoms with van der Waals surface area (Å²) in [7, 11) is 0. The molecule has 0 unspecified atom stereocenters. The first-order chi connectivity index (χ1) is 7.76. The van der Waals surface area contributed by atoms with Crippen molar-refractivity contribution in [2.75, 3.05) is 0 Å². The molecule has 2 saturated carbocycles. The van der Waals surface area contributed by atoms with Crippen LogP contribution in [0, 0.1) is 0 Å². The van der Waals surface area contributed by atoms with E-state index in [-0.39, 0.29) is 5.54 Å². The van der Waals surface area contributed by atoms with E-state index in [9.17, 15) is 0 Å². The van der Waals surface area contributed by atoms with Gasteiger partial charge in [0.15, 0.2) is 0 Å². The minimum Gasteiger partial charge on any atom is -0.320 e. The van der Waals surface area contributed by atoms with Gasteiger partial charge in [0.1, 0.15) is 0 Å². The van der Waals surface area contributed by atoms with Crippen LogP contribution in [-0.2, 0) is 12.1 Å². The van der Waals surface area contributed by atoms with Crippen LogP contribution < -0.4 is 10.5 Å². The molecule has 0 aliphatic heterocycles. The van der Waals surface area contributed by atoms with Gasteiger partial charge in [0.25, 0.3) is 0 Å². The average molecular weight is 235 g/mol. The van der Waals surface area contributed by atoms with Crippen molar-refractivity contribution in [3.63, 3.8) is 0 Å². The van der Waals surface area contributed by atoms with E-state index in [1.807, 2.05) is 18.1 Å². The number of hydrogen-bond donors (Lipinski definition) is 2. The third-order valence-corrected chi connectivity index (χ3v) is 4.29. The van der Waals surface area contributed by atoms with Crippen molar-refractivity contribution in [3.8, 4) is 0 Å². The fraction of sp³-hybridized carbons (Fsp3) is 0.583. The third-order valence-electron chi connectivity index (χ3n) is 3.17. The summed E-state index contributed by atoms with van der Waals surface area (Å²) in [6.07, 6.45) is 6.84. The second kappa shape index (κ2) is 4.02. The van der Waals surface area contributed by atoms with Gasteiger partial charge in [-0.15, -0.1) is 0 Å². The van der Waals surface area contributed by atoms with Crippen molar-refractivity contribution < 1.29 is 0 Å². The van der Waals surface area contributed by atoms with E-state index >= 15 is 0 Å². The van der Waals surface area contributed by atoms with Crippen LogP contribution in [0.1, 0.15) is 36.9 Å². The van der Waals surface area contributed by atoms with E-state index in [1.54, 1.807) is 0 Å². The van der Waals surface area contributed by atoms with Crippen molar-refractivity contribution in [1.82, 2.24) is 9.71 Å². The normalized spacial score (nSPS) is 22.1. The molecule has 16 heavy (non-hydrogen) atoms. The molecule has 0 spiro atoms. The molecule has 4 heteroatoms. The second-order valence-corrected chi connectivity index (χ2v) is 6.04. The van der Waals surface area contributed by atoms with E-state index in [2.05, 4.69) is 21.8 Å². The van der Waals surface area contributed by atoms with Gasteiger partial charge in [0, 0.05) is 18.0 Å². The quantitative estimate of drug-likeness (QED) is 0.766. The Labute approximate surface area is 100 Å². The van der Waals surface area contributed by atoms with E-state index in [0.717, 1.165) is 30.3 Å². The summed E-state index contributed by atoms with van der Waals surface area (Å²) in [4.78, 5) is 4.45. The molecule has 86 valence electrons. The minimum absolute atomic E-state index is 0.102. The lowest BCUT2D eigenvalue weighted by Crippen LogP contribution is -2.20. The highest BCUT2D eigenvalue weighted by atomic mass is 32.2. The number of nitrogens with two attached hydrogens (primary N) is 1. The number of aromatic nitrogens is 1. The van der Waals surface area contributed by atoms with Crippen LogP contribution in [-0.4, -0.2) is 10.2 Å². The van der Waals surface area contributed by atoms with E-state index in [0.29, 0.717) is 0 Å². The Kier molecular flexibility index (Phi) is 2.65. The first-order valence-corrected chi connectivity index (χ1v) is 6.77. The zero-order chi connectivity index (χ0) is 11.0. The lowest BCUT2D eigenvalue weighted by atomic mass is 10.1. The van der Waals surface area contributed by atoms with Crippen LogP contribution in [0.3, 0.4) is 0 Å². The second-order valence-electron chi connectivity index (χ2n) is 4.85. The van der Waals surface area contributed by atoms with Crippen molar-refractivity contribution in [1.29, 1.82) is 0 Å². The van der Waals surface area contributed by atoms with Gasteiger partial charge in [0.05, 0.1) is 11.2 Å². The molecule has 2 fully saturated rings. The highest BCUT2D eigenvalue weighted by Crippen LogP contribution is 2.41. The summed E-state index contributed by atoms with van der Waals surface area (Å²) in [5, 5.41) is 0.853. The Balaban J connectivity index is 1.54. The van der Waals surface area contributed by atoms with Crippen LogP contribution in [0.2, 0.25) is 0 Å². The molecule has 0 aromatic carbocycles. The van der Waals surface area contributed by atoms with Crippen LogP contribution in [0.5, 0.6) is 0 Å². The molecular formula is C12H17N3S. The largest absolute Gasteiger partial charge is 0.320 e. The first kappa shape index (κ1) is 10.6. The fourth-order valence-electron chi connectivity index (χ4n) is 1.64. The molecule has 0 amide bonds. The summed E-state index contributed by atoms with van der Waals surface area (Å²) in [5.74, 6) is 0. The average Bonchev–Trinajstić information content (AvgIpc) is 3.18. The molecule has 0 bridgehead atoms. The molecule has 3 N–H and O–H groups in total. The number of rotatable bonds is 5. The maximum Gasteiger partial charge on any atom is 0.0602 e. The number of pyridine rings is 1. The third kappa shape index (κ3) is 2.39. The van der Waals surface area contributed by atoms with Crippen LogP contribution >= 0.6 is 11.9 Å². The lowest BCUT2D eigenvalue weighted by molar-refractivity contribution is 0.705. The first-order valence-electron chi connectivity index (χ1n) is 5.89. The Bertz CT molecular complexity index is 368. The van der Waals surface area contributed by atoms with Gasteiger partial charge in [-0.05, 0) is 37.3 Å². The zero-order valence-corrected chi connectivity index (χ0v) is 10.1. The van der Waals surface area contributed by atoms with Crippen LogP contribution in [0.4, 0.5) is 0 Å². The summed E-state index contributed by atoms with van der Waals surface area (Å²) in [6.45, 7) is 0.895. The summed E-state index contributed by atoms with van der Waals surface area (Å²) in [6, 6.07) is 4.21. The van der Waals surface area contributed by atoms with Gasteiger partial charge in [0.2, 0.25) is 0 Å². The number of hydrogen-bond acceptors (Lipinski definition) is 4. The monoisotopic (exact) mass is 235 g/mol. The summed E-state index contributed by atoms with van der Waals surface area (Å²) < 4.78 is 3.38. The SMILES string of the molecule is NC1(c2ccc(CNSC3CC3)cn2)CC1. The lowest BCUT2D eigenvalue weighted by Gasteiger charge is -2.08. The van der Waals surface area contributed by atoms with Gasteiger partial charge in [-0.1, -0.05) is 18.0 Å². The van der Waals surface area contributed by atoms with E-state index in [1.165, 1.54) is 18.4 Å². The Morgan fingerprint density at radius 1 is 1.44 bits per heavy atom. The van der Waals surface area contributed by atoms with Gasteiger partial charge in [-0.25, -0.2) is 0 Å². The topological polar surface area (TPSA) is 50.9 Å². The van der Waals surface area contributed by atoms with E-state index in [4.69, 9.17) is 5.73 Å². The molecule has 0 radical (unpaired) electrons. The van der Waals surface area contributed by atoms with Crippen LogP contribution in [0.15, 0.2) is 18.3 Å². The molecule has 2 aliphatic rings. The van der Waals surface area contributed by atoms with Crippen LogP contribution in [0.25, 0.3) is 0 Å². The molecule has 2 aliphatic carbocycles. The molecule has 0 saturated heterocycles. The Hall–Kier alpha value is -0.580. The smallest absolute Gasteiger partial charge is 0.0602 e. The molecule has 1 aromatic heterocycles. The Morgan fingerprint density at radius 3 is 2.81 bits per heavy atom. The zero-order valence-electron chi connectivity index (χ0n) is 9.28. The van der Waals surface area contributed by atoms with Gasteiger partial charge < -0.3 is 5.73 Å². The van der Waals surface area contributed by atoms with Crippen molar-refractivity contribution in [2.45, 2.75) is 43.0 Å². The van der Waals surface area contributed by atoms with Gasteiger partial charge >= 0.3 is 0 Å². The molecular weight excluding hydrogens is 218 g/mol. The Morgan fingerprint density at radius 2 is 2.25 bits per heavy atom. The highest BCUT2D eigenvalue weighted by molar-refractivity contribution is 7.98. The highest BCUT2D eigenvalue weighted by Gasteiger charge is 2.41. The molecule has 3 rings (SSSR count). The minimum atomic E-state index is -0.102. The molecule has 1 aromatic rings. The van der Waals surface area contributed by atoms with Gasteiger partial charge in [-0.3, -0.25) is 9.71 Å². The van der Waals surface area contributed by atoms with E-state index < -0.39 is 0 Å². The summed E-state index contributed by atoms with van der Waals surface area (Å²) >= 11 is 1.86. The predicted octanol–water partition coefficient (Wildman–Crippen LogP) is 1.93. The fourth-order valence-corrected chi connectivity index (χ4v) is 2.50.